The van der Waals surface area contributed by atoms with E-state index in [1.54, 1.807) is 6.07 Å². The van der Waals surface area contributed by atoms with Gasteiger partial charge in [0.15, 0.2) is 4.77 Å². The molecule has 0 spiro atoms. The lowest BCUT2D eigenvalue weighted by atomic mass is 10.0. The maximum Gasteiger partial charge on any atom is 0.178 e. The molecule has 1 saturated heterocycles. The molecule has 3 nitrogen and oxygen atoms in total. The van der Waals surface area contributed by atoms with E-state index in [1.807, 2.05) is 4.57 Å². The molecule has 96 valence electrons. The third kappa shape index (κ3) is 2.20. The van der Waals surface area contributed by atoms with Crippen molar-refractivity contribution >= 4 is 23.3 Å². The van der Waals surface area contributed by atoms with Crippen molar-refractivity contribution in [3.63, 3.8) is 0 Å². The zero-order chi connectivity index (χ0) is 12.5. The van der Waals surface area contributed by atoms with Crippen molar-refractivity contribution in [2.75, 3.05) is 13.2 Å². The molecule has 1 fully saturated rings. The van der Waals surface area contributed by atoms with Crippen LogP contribution in [0.5, 0.6) is 0 Å². The minimum atomic E-state index is -0.231. The molecular weight excluding hydrogens is 251 g/mol. The van der Waals surface area contributed by atoms with E-state index in [4.69, 9.17) is 17.0 Å². The molecule has 5 heteroatoms. The van der Waals surface area contributed by atoms with E-state index >= 15 is 0 Å². The van der Waals surface area contributed by atoms with Gasteiger partial charge in [-0.1, -0.05) is 0 Å². The Balaban J connectivity index is 1.97. The van der Waals surface area contributed by atoms with Gasteiger partial charge in [-0.3, -0.25) is 0 Å². The monoisotopic (exact) mass is 266 g/mol. The van der Waals surface area contributed by atoms with Crippen LogP contribution in [0.25, 0.3) is 11.0 Å². The van der Waals surface area contributed by atoms with Crippen molar-refractivity contribution < 1.29 is 9.13 Å². The Morgan fingerprint density at radius 1 is 1.50 bits per heavy atom. The van der Waals surface area contributed by atoms with E-state index in [1.165, 1.54) is 12.1 Å². The topological polar surface area (TPSA) is 29.9 Å². The van der Waals surface area contributed by atoms with Crippen LogP contribution in [0.3, 0.4) is 0 Å². The van der Waals surface area contributed by atoms with Crippen molar-refractivity contribution in [3.05, 3.63) is 28.8 Å². The quantitative estimate of drug-likeness (QED) is 0.846. The first kappa shape index (κ1) is 11.9. The highest BCUT2D eigenvalue weighted by atomic mass is 32.1. The zero-order valence-electron chi connectivity index (χ0n) is 9.99. The molecule has 0 radical (unpaired) electrons. The van der Waals surface area contributed by atoms with Gasteiger partial charge in [0, 0.05) is 19.1 Å². The number of fused-ring (bicyclic) bond motifs is 1. The molecule has 0 amide bonds. The number of hydrogen-bond acceptors (Lipinski definition) is 2. The van der Waals surface area contributed by atoms with Crippen molar-refractivity contribution in [1.82, 2.24) is 9.55 Å². The number of H-pyrrole nitrogens is 1. The molecule has 1 N–H and O–H groups in total. The predicted molar refractivity (Wildman–Crippen MR) is 70.6 cm³/mol. The van der Waals surface area contributed by atoms with Gasteiger partial charge in [-0.25, -0.2) is 4.39 Å². The fraction of sp³-hybridized carbons (Fsp3) is 0.462. The van der Waals surface area contributed by atoms with Crippen molar-refractivity contribution in [2.24, 2.45) is 5.92 Å². The average Bonchev–Trinajstić information content (AvgIpc) is 2.67. The molecule has 0 bridgehead atoms. The molecule has 1 aromatic carbocycles. The summed E-state index contributed by atoms with van der Waals surface area (Å²) in [6.07, 6.45) is 2.23. The van der Waals surface area contributed by atoms with Gasteiger partial charge in [-0.2, -0.15) is 0 Å². The summed E-state index contributed by atoms with van der Waals surface area (Å²) in [4.78, 5) is 3.11. The number of hydrogen-bond donors (Lipinski definition) is 1. The molecule has 1 aromatic heterocycles. The Bertz CT molecular complexity index is 613. The summed E-state index contributed by atoms with van der Waals surface area (Å²) in [5.74, 6) is 0.234. The van der Waals surface area contributed by atoms with Crippen LogP contribution >= 0.6 is 12.2 Å². The molecule has 1 unspecified atom stereocenters. The smallest absolute Gasteiger partial charge is 0.178 e. The second kappa shape index (κ2) is 4.82. The highest BCUT2D eigenvalue weighted by Crippen LogP contribution is 2.21. The first-order valence-electron chi connectivity index (χ1n) is 6.20. The van der Waals surface area contributed by atoms with Crippen LogP contribution < -0.4 is 0 Å². The summed E-state index contributed by atoms with van der Waals surface area (Å²) in [6, 6.07) is 4.71. The van der Waals surface area contributed by atoms with Gasteiger partial charge in [0.05, 0.1) is 17.6 Å². The van der Waals surface area contributed by atoms with Crippen LogP contribution in [0.15, 0.2) is 18.2 Å². The average molecular weight is 266 g/mol. The molecule has 2 aromatic rings. The van der Waals surface area contributed by atoms with Gasteiger partial charge in [0.25, 0.3) is 0 Å². The molecule has 18 heavy (non-hydrogen) atoms. The first-order valence-corrected chi connectivity index (χ1v) is 6.60. The Kier molecular flexibility index (Phi) is 3.18. The Morgan fingerprint density at radius 2 is 2.39 bits per heavy atom. The van der Waals surface area contributed by atoms with Gasteiger partial charge in [-0.05, 0) is 43.3 Å². The molecular formula is C13H15FN2OS. The van der Waals surface area contributed by atoms with E-state index in [-0.39, 0.29) is 5.82 Å². The summed E-state index contributed by atoms with van der Waals surface area (Å²) in [7, 11) is 0. The standard InChI is InChI=1S/C13H15FN2OS/c14-10-3-4-11-12(6-10)16(13(18)15-11)7-9-2-1-5-17-8-9/h3-4,6,9H,1-2,5,7-8H2,(H,15,18). The zero-order valence-corrected chi connectivity index (χ0v) is 10.8. The van der Waals surface area contributed by atoms with Gasteiger partial charge in [0.2, 0.25) is 0 Å². The van der Waals surface area contributed by atoms with Gasteiger partial charge >= 0.3 is 0 Å². The minimum Gasteiger partial charge on any atom is -0.381 e. The summed E-state index contributed by atoms with van der Waals surface area (Å²) in [6.45, 7) is 2.41. The lowest BCUT2D eigenvalue weighted by Crippen LogP contribution is -2.22. The van der Waals surface area contributed by atoms with Crippen LogP contribution in [-0.4, -0.2) is 22.8 Å². The van der Waals surface area contributed by atoms with Crippen LogP contribution in [0.4, 0.5) is 4.39 Å². The second-order valence-corrected chi connectivity index (χ2v) is 5.17. The number of nitrogens with zero attached hydrogens (tertiary/aromatic N) is 1. The molecule has 2 heterocycles. The summed E-state index contributed by atoms with van der Waals surface area (Å²) < 4.78 is 21.4. The van der Waals surface area contributed by atoms with E-state index in [2.05, 4.69) is 4.98 Å². The fourth-order valence-corrected chi connectivity index (χ4v) is 2.80. The van der Waals surface area contributed by atoms with Crippen LogP contribution in [-0.2, 0) is 11.3 Å². The number of rotatable bonds is 2. The Hall–Kier alpha value is -1.20. The largest absolute Gasteiger partial charge is 0.381 e. The normalized spacial score (nSPS) is 20.4. The molecule has 0 aliphatic carbocycles. The van der Waals surface area contributed by atoms with Crippen molar-refractivity contribution in [3.8, 4) is 0 Å². The lowest BCUT2D eigenvalue weighted by Gasteiger charge is -2.22. The van der Waals surface area contributed by atoms with Crippen LogP contribution in [0.2, 0.25) is 0 Å². The van der Waals surface area contributed by atoms with Crippen molar-refractivity contribution in [2.45, 2.75) is 19.4 Å². The summed E-state index contributed by atoms with van der Waals surface area (Å²) >= 11 is 5.31. The minimum absolute atomic E-state index is 0.231. The number of aromatic nitrogens is 2. The fourth-order valence-electron chi connectivity index (χ4n) is 2.52. The maximum atomic E-state index is 13.3. The van der Waals surface area contributed by atoms with Gasteiger partial charge in [0.1, 0.15) is 5.82 Å². The number of benzene rings is 1. The van der Waals surface area contributed by atoms with E-state index in [0.29, 0.717) is 10.7 Å². The third-order valence-corrected chi connectivity index (χ3v) is 3.76. The predicted octanol–water partition coefficient (Wildman–Crippen LogP) is 3.26. The van der Waals surface area contributed by atoms with E-state index in [0.717, 1.165) is 43.6 Å². The number of imidazole rings is 1. The number of halogens is 1. The molecule has 1 aliphatic heterocycles. The van der Waals surface area contributed by atoms with E-state index < -0.39 is 0 Å². The number of ether oxygens (including phenoxy) is 1. The second-order valence-electron chi connectivity index (χ2n) is 4.79. The first-order chi connectivity index (χ1) is 8.74. The Morgan fingerprint density at radius 3 is 3.17 bits per heavy atom. The van der Waals surface area contributed by atoms with Crippen molar-refractivity contribution in [1.29, 1.82) is 0 Å². The summed E-state index contributed by atoms with van der Waals surface area (Å²) in [5, 5.41) is 0. The Labute approximate surface area is 110 Å². The molecule has 0 saturated carbocycles. The molecule has 3 rings (SSSR count). The van der Waals surface area contributed by atoms with Crippen LogP contribution in [0.1, 0.15) is 12.8 Å². The van der Waals surface area contributed by atoms with E-state index in [9.17, 15) is 4.39 Å². The maximum absolute atomic E-state index is 13.3. The highest BCUT2D eigenvalue weighted by molar-refractivity contribution is 7.71. The van der Waals surface area contributed by atoms with Gasteiger partial charge < -0.3 is 14.3 Å². The molecule has 1 aliphatic rings. The van der Waals surface area contributed by atoms with Crippen LogP contribution in [0, 0.1) is 16.5 Å². The third-order valence-electron chi connectivity index (χ3n) is 3.43. The molecule has 1 atom stereocenters. The summed E-state index contributed by atoms with van der Waals surface area (Å²) in [5.41, 5.74) is 1.73. The number of aromatic amines is 1. The SMILES string of the molecule is Fc1ccc2[nH]c(=S)n(CC3CCCOC3)c2c1. The van der Waals surface area contributed by atoms with Gasteiger partial charge in [-0.15, -0.1) is 0 Å². The number of nitrogens with one attached hydrogen (secondary N) is 1. The highest BCUT2D eigenvalue weighted by Gasteiger charge is 2.16. The lowest BCUT2D eigenvalue weighted by molar-refractivity contribution is 0.0486.